The number of carbonyl (C=O) groups is 2. The van der Waals surface area contributed by atoms with E-state index in [0.717, 1.165) is 41.8 Å². The highest BCUT2D eigenvalue weighted by Gasteiger charge is 2.35. The molecule has 2 amide bonds. The quantitative estimate of drug-likeness (QED) is 0.695. The molecule has 2 aliphatic heterocycles. The molecule has 4 rings (SSSR count). The molecule has 0 bridgehead atoms. The summed E-state index contributed by atoms with van der Waals surface area (Å²) < 4.78 is 27.8. The Morgan fingerprint density at radius 1 is 1.06 bits per heavy atom. The minimum absolute atomic E-state index is 0.0593. The molecule has 0 unspecified atom stereocenters. The van der Waals surface area contributed by atoms with Crippen LogP contribution >= 0.6 is 11.3 Å². The smallest absolute Gasteiger partial charge is 0.252 e. The van der Waals surface area contributed by atoms with Gasteiger partial charge in [-0.1, -0.05) is 30.5 Å². The second-order valence-electron chi connectivity index (χ2n) is 8.50. The molecule has 3 heterocycles. The molecule has 2 saturated heterocycles. The van der Waals surface area contributed by atoms with E-state index in [-0.39, 0.29) is 24.8 Å². The van der Waals surface area contributed by atoms with Gasteiger partial charge in [0.1, 0.15) is 4.21 Å². The second kappa shape index (κ2) is 9.72. The molecule has 0 saturated carbocycles. The predicted molar refractivity (Wildman–Crippen MR) is 125 cm³/mol. The summed E-state index contributed by atoms with van der Waals surface area (Å²) in [6, 6.07) is 11.1. The molecule has 1 N–H and O–H groups in total. The third-order valence-electron chi connectivity index (χ3n) is 6.07. The summed E-state index contributed by atoms with van der Waals surface area (Å²) in [5.74, 6) is -0.654. The zero-order valence-corrected chi connectivity index (χ0v) is 19.9. The number of carbonyl (C=O) groups excluding carboxylic acids is 2. The van der Waals surface area contributed by atoms with Gasteiger partial charge >= 0.3 is 0 Å². The topological polar surface area (TPSA) is 86.8 Å². The van der Waals surface area contributed by atoms with Crippen LogP contribution < -0.4 is 10.2 Å². The van der Waals surface area contributed by atoms with Gasteiger partial charge in [-0.25, -0.2) is 8.42 Å². The van der Waals surface area contributed by atoms with E-state index in [1.54, 1.807) is 21.3 Å². The first-order valence-electron chi connectivity index (χ1n) is 11.1. The Morgan fingerprint density at radius 2 is 1.75 bits per heavy atom. The van der Waals surface area contributed by atoms with E-state index in [9.17, 15) is 18.0 Å². The van der Waals surface area contributed by atoms with Crippen molar-refractivity contribution in [1.82, 2.24) is 9.62 Å². The number of nitrogens with one attached hydrogen (secondary N) is 1. The number of rotatable bonds is 6. The molecule has 0 radical (unpaired) electrons. The van der Waals surface area contributed by atoms with Crippen molar-refractivity contribution in [1.29, 1.82) is 0 Å². The highest BCUT2D eigenvalue weighted by molar-refractivity contribution is 7.91. The summed E-state index contributed by atoms with van der Waals surface area (Å²) in [6.45, 7) is 3.74. The van der Waals surface area contributed by atoms with Crippen LogP contribution in [0.3, 0.4) is 0 Å². The lowest BCUT2D eigenvalue weighted by atomic mass is 10.1. The van der Waals surface area contributed by atoms with Crippen molar-refractivity contribution < 1.29 is 18.0 Å². The van der Waals surface area contributed by atoms with Crippen molar-refractivity contribution in [2.45, 2.75) is 49.8 Å². The summed E-state index contributed by atoms with van der Waals surface area (Å²) in [4.78, 5) is 27.5. The van der Waals surface area contributed by atoms with E-state index >= 15 is 0 Å². The molecule has 172 valence electrons. The third kappa shape index (κ3) is 5.05. The molecule has 0 spiro atoms. The van der Waals surface area contributed by atoms with Crippen LogP contribution in [0.15, 0.2) is 40.6 Å². The van der Waals surface area contributed by atoms with Crippen LogP contribution in [-0.2, 0) is 26.2 Å². The van der Waals surface area contributed by atoms with Crippen molar-refractivity contribution in [2.24, 2.45) is 5.92 Å². The molecule has 0 aliphatic carbocycles. The number of thiophene rings is 1. The van der Waals surface area contributed by atoms with Crippen LogP contribution in [0, 0.1) is 12.8 Å². The Labute approximate surface area is 193 Å². The monoisotopic (exact) mass is 475 g/mol. The fourth-order valence-corrected chi connectivity index (χ4v) is 7.14. The van der Waals surface area contributed by atoms with Gasteiger partial charge < -0.3 is 10.2 Å². The summed E-state index contributed by atoms with van der Waals surface area (Å²) in [5, 5.41) is 2.88. The number of benzene rings is 1. The number of hydrogen-bond acceptors (Lipinski definition) is 5. The van der Waals surface area contributed by atoms with E-state index in [1.807, 2.05) is 31.2 Å². The number of anilines is 1. The number of amides is 2. The summed E-state index contributed by atoms with van der Waals surface area (Å²) in [6.07, 6.45) is 4.11. The van der Waals surface area contributed by atoms with E-state index in [1.165, 1.54) is 11.3 Å². The van der Waals surface area contributed by atoms with Gasteiger partial charge in [0.15, 0.2) is 0 Å². The van der Waals surface area contributed by atoms with Crippen molar-refractivity contribution in [3.05, 3.63) is 46.8 Å². The highest BCUT2D eigenvalue weighted by Crippen LogP contribution is 2.28. The van der Waals surface area contributed by atoms with Crippen LogP contribution in [0.4, 0.5) is 5.69 Å². The molecule has 9 heteroatoms. The molecule has 1 aromatic heterocycles. The Hall–Kier alpha value is -2.23. The van der Waals surface area contributed by atoms with Gasteiger partial charge in [-0.2, -0.15) is 4.31 Å². The van der Waals surface area contributed by atoms with E-state index in [2.05, 4.69) is 5.32 Å². The van der Waals surface area contributed by atoms with E-state index < -0.39 is 15.9 Å². The maximum Gasteiger partial charge on any atom is 0.252 e. The molecular weight excluding hydrogens is 446 g/mol. The Balaban J connectivity index is 1.34. The van der Waals surface area contributed by atoms with Gasteiger partial charge in [0.05, 0.1) is 12.5 Å². The van der Waals surface area contributed by atoms with Gasteiger partial charge in [0.2, 0.25) is 11.8 Å². The van der Waals surface area contributed by atoms with Crippen molar-refractivity contribution in [3.63, 3.8) is 0 Å². The summed E-state index contributed by atoms with van der Waals surface area (Å²) >= 11 is 1.20. The summed E-state index contributed by atoms with van der Waals surface area (Å²) in [7, 11) is -3.48. The predicted octanol–water partition coefficient (Wildman–Crippen LogP) is 3.29. The minimum atomic E-state index is -3.48. The molecule has 7 nitrogen and oxygen atoms in total. The van der Waals surface area contributed by atoms with Crippen LogP contribution in [0.5, 0.6) is 0 Å². The standard InChI is InChI=1S/C23H29N3O4S2/c1-17-6-8-19(9-7-17)26-16-18(14-21(26)27)23(28)24-15-20-10-11-22(31-20)32(29,30)25-12-4-2-3-5-13-25/h6-11,18H,2-5,12-16H2,1H3,(H,24,28)/t18-/m0/s1. The number of hydrogen-bond donors (Lipinski definition) is 1. The first kappa shape index (κ1) is 22.9. The van der Waals surface area contributed by atoms with Crippen LogP contribution in [0.1, 0.15) is 42.5 Å². The van der Waals surface area contributed by atoms with Gasteiger partial charge in [-0.05, 0) is 44.0 Å². The average molecular weight is 476 g/mol. The molecule has 32 heavy (non-hydrogen) atoms. The third-order valence-corrected chi connectivity index (χ3v) is 9.53. The minimum Gasteiger partial charge on any atom is -0.351 e. The van der Waals surface area contributed by atoms with E-state index in [4.69, 9.17) is 0 Å². The number of aryl methyl sites for hydroxylation is 1. The molecule has 2 aromatic rings. The molecule has 1 atom stereocenters. The fraction of sp³-hybridized carbons (Fsp3) is 0.478. The van der Waals surface area contributed by atoms with Gasteiger partial charge in [0.25, 0.3) is 10.0 Å². The van der Waals surface area contributed by atoms with Crippen molar-refractivity contribution in [2.75, 3.05) is 24.5 Å². The Morgan fingerprint density at radius 3 is 2.44 bits per heavy atom. The molecule has 2 aliphatic rings. The van der Waals surface area contributed by atoms with Crippen LogP contribution in [-0.4, -0.2) is 44.2 Å². The first-order chi connectivity index (χ1) is 15.3. The van der Waals surface area contributed by atoms with Crippen molar-refractivity contribution in [3.8, 4) is 0 Å². The Bertz CT molecular complexity index is 1070. The lowest BCUT2D eigenvalue weighted by Gasteiger charge is -2.18. The summed E-state index contributed by atoms with van der Waals surface area (Å²) in [5.41, 5.74) is 1.92. The van der Waals surface area contributed by atoms with Gasteiger partial charge in [-0.15, -0.1) is 11.3 Å². The number of nitrogens with zero attached hydrogens (tertiary/aromatic N) is 2. The average Bonchev–Trinajstić information content (AvgIpc) is 3.31. The van der Waals surface area contributed by atoms with Crippen LogP contribution in [0.2, 0.25) is 0 Å². The molecular formula is C23H29N3O4S2. The molecule has 1 aromatic carbocycles. The maximum absolute atomic E-state index is 12.9. The first-order valence-corrected chi connectivity index (χ1v) is 13.3. The maximum atomic E-state index is 12.9. The van der Waals surface area contributed by atoms with Gasteiger partial charge in [0, 0.05) is 36.6 Å². The number of sulfonamides is 1. The lowest BCUT2D eigenvalue weighted by molar-refractivity contribution is -0.126. The zero-order chi connectivity index (χ0) is 22.7. The van der Waals surface area contributed by atoms with Crippen LogP contribution in [0.25, 0.3) is 0 Å². The van der Waals surface area contributed by atoms with Crippen molar-refractivity contribution >= 4 is 38.9 Å². The lowest BCUT2D eigenvalue weighted by Crippen LogP contribution is -2.32. The second-order valence-corrected chi connectivity index (χ2v) is 11.8. The van der Waals surface area contributed by atoms with Gasteiger partial charge in [-0.3, -0.25) is 9.59 Å². The normalized spacial score (nSPS) is 20.3. The fourth-order valence-electron chi connectivity index (χ4n) is 4.18. The SMILES string of the molecule is Cc1ccc(N2C[C@@H](C(=O)NCc3ccc(S(=O)(=O)N4CCCCCC4)s3)CC2=O)cc1. The zero-order valence-electron chi connectivity index (χ0n) is 18.2. The Kier molecular flexibility index (Phi) is 6.97. The largest absolute Gasteiger partial charge is 0.351 e. The van der Waals surface area contributed by atoms with E-state index in [0.29, 0.717) is 23.8 Å². The highest BCUT2D eigenvalue weighted by atomic mass is 32.2. The molecule has 2 fully saturated rings.